The maximum atomic E-state index is 6.08. The van der Waals surface area contributed by atoms with Gasteiger partial charge in [-0.3, -0.25) is 0 Å². The Hall–Kier alpha value is -1.16. The zero-order valence-corrected chi connectivity index (χ0v) is 12.3. The van der Waals surface area contributed by atoms with Crippen LogP contribution in [0.15, 0.2) is 18.2 Å². The van der Waals surface area contributed by atoms with Crippen LogP contribution in [0.25, 0.3) is 11.4 Å². The van der Waals surface area contributed by atoms with Gasteiger partial charge in [-0.25, -0.2) is 9.97 Å². The number of rotatable bonds is 2. The van der Waals surface area contributed by atoms with Crippen molar-refractivity contribution in [2.24, 2.45) is 0 Å². The van der Waals surface area contributed by atoms with Crippen molar-refractivity contribution in [1.29, 1.82) is 0 Å². The molecule has 102 valence electrons. The average Bonchev–Trinajstić information content (AvgIpc) is 3.14. The molecule has 0 amide bonds. The minimum absolute atomic E-state index is 0.611. The third kappa shape index (κ3) is 2.20. The number of benzene rings is 1. The van der Waals surface area contributed by atoms with E-state index in [1.807, 2.05) is 12.1 Å². The SMILES string of the molecule is Clc1cc(Cl)cc(-c2nc3c(c(C4CC4)n2)CNC3)c1. The van der Waals surface area contributed by atoms with Gasteiger partial charge in [0, 0.05) is 40.2 Å². The lowest BCUT2D eigenvalue weighted by molar-refractivity contribution is 0.755. The Morgan fingerprint density at radius 3 is 2.45 bits per heavy atom. The maximum absolute atomic E-state index is 6.08. The third-order valence-corrected chi connectivity index (χ3v) is 4.24. The Labute approximate surface area is 127 Å². The third-order valence-electron chi connectivity index (χ3n) is 3.80. The van der Waals surface area contributed by atoms with Gasteiger partial charge in [0.15, 0.2) is 5.82 Å². The molecular weight excluding hydrogens is 293 g/mol. The molecule has 20 heavy (non-hydrogen) atoms. The molecule has 2 aromatic rings. The van der Waals surface area contributed by atoms with Crippen molar-refractivity contribution in [3.8, 4) is 11.4 Å². The second kappa shape index (κ2) is 4.69. The van der Waals surface area contributed by atoms with Gasteiger partial charge in [0.2, 0.25) is 0 Å². The molecule has 0 bridgehead atoms. The predicted octanol–water partition coefficient (Wildman–Crippen LogP) is 3.93. The highest BCUT2D eigenvalue weighted by atomic mass is 35.5. The Balaban J connectivity index is 1.87. The van der Waals surface area contributed by atoms with E-state index < -0.39 is 0 Å². The van der Waals surface area contributed by atoms with Crippen LogP contribution in [0.5, 0.6) is 0 Å². The lowest BCUT2D eigenvalue weighted by Crippen LogP contribution is -2.02. The Kier molecular flexibility index (Phi) is 2.95. The Morgan fingerprint density at radius 1 is 1.00 bits per heavy atom. The van der Waals surface area contributed by atoms with E-state index in [4.69, 9.17) is 28.2 Å². The molecule has 2 aliphatic rings. The van der Waals surface area contributed by atoms with Gasteiger partial charge in [-0.05, 0) is 31.0 Å². The van der Waals surface area contributed by atoms with E-state index in [-0.39, 0.29) is 0 Å². The van der Waals surface area contributed by atoms with Crippen LogP contribution in [0.3, 0.4) is 0 Å². The molecule has 4 rings (SSSR count). The van der Waals surface area contributed by atoms with Crippen molar-refractivity contribution in [1.82, 2.24) is 15.3 Å². The Bertz CT molecular complexity index is 676. The van der Waals surface area contributed by atoms with Crippen LogP contribution < -0.4 is 5.32 Å². The van der Waals surface area contributed by atoms with Crippen molar-refractivity contribution in [2.75, 3.05) is 0 Å². The molecule has 1 N–H and O–H groups in total. The highest BCUT2D eigenvalue weighted by Gasteiger charge is 2.31. The monoisotopic (exact) mass is 305 g/mol. The molecule has 1 aromatic heterocycles. The standard InChI is InChI=1S/C15H13Cl2N3/c16-10-3-9(4-11(17)5-10)15-19-13-7-18-6-12(13)14(20-15)8-1-2-8/h3-5,8,18H,1-2,6-7H2. The fourth-order valence-electron chi connectivity index (χ4n) is 2.70. The zero-order chi connectivity index (χ0) is 13.7. The zero-order valence-electron chi connectivity index (χ0n) is 10.8. The summed E-state index contributed by atoms with van der Waals surface area (Å²) < 4.78 is 0. The van der Waals surface area contributed by atoms with E-state index in [1.54, 1.807) is 6.07 Å². The minimum Gasteiger partial charge on any atom is -0.307 e. The predicted molar refractivity (Wildman–Crippen MR) is 80.0 cm³/mol. The summed E-state index contributed by atoms with van der Waals surface area (Å²) in [6, 6.07) is 5.46. The first kappa shape index (κ1) is 12.6. The highest BCUT2D eigenvalue weighted by Crippen LogP contribution is 2.42. The molecule has 1 saturated carbocycles. The second-order valence-corrected chi connectivity index (χ2v) is 6.27. The van der Waals surface area contributed by atoms with Gasteiger partial charge in [-0.2, -0.15) is 0 Å². The molecule has 5 heteroatoms. The number of aromatic nitrogens is 2. The first-order valence-corrected chi connectivity index (χ1v) is 7.53. The summed E-state index contributed by atoms with van der Waals surface area (Å²) in [6.45, 7) is 1.70. The quantitative estimate of drug-likeness (QED) is 0.913. The van der Waals surface area contributed by atoms with Gasteiger partial charge in [0.05, 0.1) is 11.4 Å². The summed E-state index contributed by atoms with van der Waals surface area (Å²) in [7, 11) is 0. The van der Waals surface area contributed by atoms with Gasteiger partial charge >= 0.3 is 0 Å². The van der Waals surface area contributed by atoms with Gasteiger partial charge in [0.25, 0.3) is 0 Å². The first-order chi connectivity index (χ1) is 9.70. The van der Waals surface area contributed by atoms with Crippen molar-refractivity contribution in [3.63, 3.8) is 0 Å². The molecule has 1 aromatic carbocycles. The summed E-state index contributed by atoms with van der Waals surface area (Å²) in [5, 5.41) is 4.58. The van der Waals surface area contributed by atoms with Crippen molar-refractivity contribution < 1.29 is 0 Å². The number of fused-ring (bicyclic) bond motifs is 1. The van der Waals surface area contributed by atoms with Gasteiger partial charge in [-0.15, -0.1) is 0 Å². The summed E-state index contributed by atoms with van der Waals surface area (Å²) in [5.41, 5.74) is 4.52. The van der Waals surface area contributed by atoms with E-state index in [2.05, 4.69) is 10.3 Å². The lowest BCUT2D eigenvalue weighted by atomic mass is 10.1. The molecule has 0 radical (unpaired) electrons. The molecule has 1 aliphatic heterocycles. The van der Waals surface area contributed by atoms with Crippen molar-refractivity contribution in [3.05, 3.63) is 45.2 Å². The van der Waals surface area contributed by atoms with E-state index in [0.717, 1.165) is 30.2 Å². The van der Waals surface area contributed by atoms with Crippen LogP contribution in [0.1, 0.15) is 35.7 Å². The summed E-state index contributed by atoms with van der Waals surface area (Å²) in [5.74, 6) is 1.35. The first-order valence-electron chi connectivity index (χ1n) is 6.77. The Morgan fingerprint density at radius 2 is 1.75 bits per heavy atom. The number of nitrogens with zero attached hydrogens (tertiary/aromatic N) is 2. The molecule has 1 fully saturated rings. The highest BCUT2D eigenvalue weighted by molar-refractivity contribution is 6.35. The molecule has 2 heterocycles. The van der Waals surface area contributed by atoms with Crippen LogP contribution in [0.2, 0.25) is 10.0 Å². The topological polar surface area (TPSA) is 37.8 Å². The molecule has 0 unspecified atom stereocenters. The summed E-state index contributed by atoms with van der Waals surface area (Å²) in [4.78, 5) is 9.48. The fraction of sp³-hybridized carbons (Fsp3) is 0.333. The van der Waals surface area contributed by atoms with E-state index in [0.29, 0.717) is 16.0 Å². The number of hydrogen-bond donors (Lipinski definition) is 1. The summed E-state index contributed by atoms with van der Waals surface area (Å²) in [6.07, 6.45) is 2.47. The van der Waals surface area contributed by atoms with Crippen LogP contribution >= 0.6 is 23.2 Å². The second-order valence-electron chi connectivity index (χ2n) is 5.39. The molecule has 0 spiro atoms. The van der Waals surface area contributed by atoms with Crippen LogP contribution in [-0.2, 0) is 13.1 Å². The number of hydrogen-bond acceptors (Lipinski definition) is 3. The molecular formula is C15H13Cl2N3. The van der Waals surface area contributed by atoms with Crippen LogP contribution in [0.4, 0.5) is 0 Å². The van der Waals surface area contributed by atoms with Crippen molar-refractivity contribution in [2.45, 2.75) is 31.8 Å². The lowest BCUT2D eigenvalue weighted by Gasteiger charge is -2.09. The minimum atomic E-state index is 0.611. The summed E-state index contributed by atoms with van der Waals surface area (Å²) >= 11 is 12.2. The van der Waals surface area contributed by atoms with Gasteiger partial charge < -0.3 is 5.32 Å². The average molecular weight is 306 g/mol. The fourth-order valence-corrected chi connectivity index (χ4v) is 3.23. The maximum Gasteiger partial charge on any atom is 0.159 e. The molecule has 1 aliphatic carbocycles. The smallest absolute Gasteiger partial charge is 0.159 e. The molecule has 3 nitrogen and oxygen atoms in total. The van der Waals surface area contributed by atoms with Crippen LogP contribution in [-0.4, -0.2) is 9.97 Å². The van der Waals surface area contributed by atoms with E-state index in [9.17, 15) is 0 Å². The van der Waals surface area contributed by atoms with E-state index >= 15 is 0 Å². The van der Waals surface area contributed by atoms with Crippen LogP contribution in [0, 0.1) is 0 Å². The van der Waals surface area contributed by atoms with Gasteiger partial charge in [-0.1, -0.05) is 23.2 Å². The molecule has 0 atom stereocenters. The van der Waals surface area contributed by atoms with Gasteiger partial charge in [0.1, 0.15) is 0 Å². The number of halogens is 2. The number of nitrogens with one attached hydrogen (secondary N) is 1. The largest absolute Gasteiger partial charge is 0.307 e. The molecule has 0 saturated heterocycles. The van der Waals surface area contributed by atoms with E-state index in [1.165, 1.54) is 24.1 Å². The normalized spacial score (nSPS) is 17.3. The van der Waals surface area contributed by atoms with Crippen molar-refractivity contribution >= 4 is 23.2 Å².